The van der Waals surface area contributed by atoms with Gasteiger partial charge in [0.05, 0.1) is 18.9 Å². The summed E-state index contributed by atoms with van der Waals surface area (Å²) in [5.74, 6) is 1.38. The van der Waals surface area contributed by atoms with Crippen molar-refractivity contribution in [1.29, 1.82) is 0 Å². The van der Waals surface area contributed by atoms with Crippen molar-refractivity contribution >= 4 is 11.8 Å². The van der Waals surface area contributed by atoms with Crippen molar-refractivity contribution < 1.29 is 19.0 Å². The SMILES string of the molecule is COc1cccc(-n2ccnc2SCC(O)COc2ccc(F)cc2)c1. The highest BCUT2D eigenvalue weighted by Crippen LogP contribution is 2.24. The van der Waals surface area contributed by atoms with Gasteiger partial charge in [0.25, 0.3) is 0 Å². The lowest BCUT2D eigenvalue weighted by Crippen LogP contribution is -2.20. The van der Waals surface area contributed by atoms with E-state index in [1.807, 2.05) is 35.0 Å². The lowest BCUT2D eigenvalue weighted by molar-refractivity contribution is 0.126. The Balaban J connectivity index is 1.56. The second-order valence-corrected chi connectivity index (χ2v) is 6.50. The second-order valence-electron chi connectivity index (χ2n) is 5.51. The molecule has 1 heterocycles. The molecule has 1 aromatic heterocycles. The molecule has 0 fully saturated rings. The lowest BCUT2D eigenvalue weighted by atomic mass is 10.3. The highest BCUT2D eigenvalue weighted by Gasteiger charge is 2.11. The molecule has 3 aromatic rings. The van der Waals surface area contributed by atoms with Crippen molar-refractivity contribution in [3.8, 4) is 17.2 Å². The fourth-order valence-corrected chi connectivity index (χ4v) is 3.17. The van der Waals surface area contributed by atoms with E-state index in [1.54, 1.807) is 13.3 Å². The largest absolute Gasteiger partial charge is 0.497 e. The average Bonchev–Trinajstić information content (AvgIpc) is 3.14. The first kappa shape index (κ1) is 18.3. The number of halogens is 1. The van der Waals surface area contributed by atoms with Crippen molar-refractivity contribution in [3.63, 3.8) is 0 Å². The van der Waals surface area contributed by atoms with E-state index in [9.17, 15) is 9.50 Å². The van der Waals surface area contributed by atoms with Crippen LogP contribution in [0, 0.1) is 5.82 Å². The Kier molecular flexibility index (Phi) is 6.14. The number of aromatic nitrogens is 2. The van der Waals surface area contributed by atoms with Crippen molar-refractivity contribution in [2.75, 3.05) is 19.5 Å². The van der Waals surface area contributed by atoms with Gasteiger partial charge in [-0.3, -0.25) is 4.57 Å². The molecule has 0 aliphatic rings. The van der Waals surface area contributed by atoms with Crippen LogP contribution in [0.3, 0.4) is 0 Å². The Morgan fingerprint density at radius 1 is 1.19 bits per heavy atom. The molecule has 1 N–H and O–H groups in total. The summed E-state index contributed by atoms with van der Waals surface area (Å²) in [5.41, 5.74) is 0.932. The molecule has 7 heteroatoms. The number of hydrogen-bond donors (Lipinski definition) is 1. The quantitative estimate of drug-likeness (QED) is 0.611. The van der Waals surface area contributed by atoms with Crippen molar-refractivity contribution in [2.45, 2.75) is 11.3 Å². The van der Waals surface area contributed by atoms with E-state index in [-0.39, 0.29) is 12.4 Å². The molecule has 0 saturated heterocycles. The smallest absolute Gasteiger partial charge is 0.172 e. The molecule has 0 amide bonds. The molecule has 2 aromatic carbocycles. The van der Waals surface area contributed by atoms with Gasteiger partial charge in [0.1, 0.15) is 23.9 Å². The number of rotatable bonds is 8. The van der Waals surface area contributed by atoms with Gasteiger partial charge in [-0.1, -0.05) is 17.8 Å². The Labute approximate surface area is 155 Å². The Hall–Kier alpha value is -2.51. The van der Waals surface area contributed by atoms with E-state index >= 15 is 0 Å². The number of methoxy groups -OCH3 is 1. The number of hydrogen-bond acceptors (Lipinski definition) is 5. The van der Waals surface area contributed by atoms with Crippen LogP contribution in [-0.2, 0) is 0 Å². The van der Waals surface area contributed by atoms with Gasteiger partial charge in [-0.25, -0.2) is 9.37 Å². The number of thioether (sulfide) groups is 1. The number of ether oxygens (including phenoxy) is 2. The zero-order valence-electron chi connectivity index (χ0n) is 14.2. The van der Waals surface area contributed by atoms with E-state index in [2.05, 4.69) is 4.98 Å². The maximum atomic E-state index is 12.9. The minimum atomic E-state index is -0.680. The third-order valence-electron chi connectivity index (χ3n) is 3.60. The monoisotopic (exact) mass is 374 g/mol. The first-order valence-corrected chi connectivity index (χ1v) is 9.01. The summed E-state index contributed by atoms with van der Waals surface area (Å²) in [6.07, 6.45) is 2.89. The van der Waals surface area contributed by atoms with Gasteiger partial charge in [0, 0.05) is 24.2 Å². The summed E-state index contributed by atoms with van der Waals surface area (Å²) >= 11 is 1.43. The third-order valence-corrected chi connectivity index (χ3v) is 4.71. The van der Waals surface area contributed by atoms with Gasteiger partial charge in [-0.15, -0.1) is 0 Å². The van der Waals surface area contributed by atoms with Crippen LogP contribution in [0.4, 0.5) is 4.39 Å². The first-order valence-electron chi connectivity index (χ1n) is 8.02. The van der Waals surface area contributed by atoms with Crippen LogP contribution >= 0.6 is 11.8 Å². The van der Waals surface area contributed by atoms with Crippen LogP contribution in [0.15, 0.2) is 66.1 Å². The van der Waals surface area contributed by atoms with Crippen LogP contribution in [-0.4, -0.2) is 40.2 Å². The van der Waals surface area contributed by atoms with Crippen molar-refractivity contribution in [1.82, 2.24) is 9.55 Å². The molecule has 1 unspecified atom stereocenters. The van der Waals surface area contributed by atoms with Gasteiger partial charge in [-0.2, -0.15) is 0 Å². The minimum Gasteiger partial charge on any atom is -0.497 e. The number of aliphatic hydroxyl groups is 1. The topological polar surface area (TPSA) is 56.5 Å². The molecule has 136 valence electrons. The van der Waals surface area contributed by atoms with Gasteiger partial charge >= 0.3 is 0 Å². The van der Waals surface area contributed by atoms with Crippen LogP contribution in [0.5, 0.6) is 11.5 Å². The summed E-state index contributed by atoms with van der Waals surface area (Å²) in [6.45, 7) is 0.124. The number of benzene rings is 2. The van der Waals surface area contributed by atoms with Gasteiger partial charge in [0.15, 0.2) is 5.16 Å². The summed E-state index contributed by atoms with van der Waals surface area (Å²) in [4.78, 5) is 4.34. The lowest BCUT2D eigenvalue weighted by Gasteiger charge is -2.13. The van der Waals surface area contributed by atoms with E-state index < -0.39 is 6.10 Å². The molecule has 26 heavy (non-hydrogen) atoms. The predicted molar refractivity (Wildman–Crippen MR) is 98.7 cm³/mol. The third kappa shape index (κ3) is 4.77. The van der Waals surface area contributed by atoms with Crippen molar-refractivity contribution in [2.24, 2.45) is 0 Å². The highest BCUT2D eigenvalue weighted by molar-refractivity contribution is 7.99. The standard InChI is InChI=1S/C19H19FN2O3S/c1-24-18-4-2-3-15(11-18)22-10-9-21-19(22)26-13-16(23)12-25-17-7-5-14(20)6-8-17/h2-11,16,23H,12-13H2,1H3. The summed E-state index contributed by atoms with van der Waals surface area (Å²) in [7, 11) is 1.63. The molecular formula is C19H19FN2O3S. The number of aliphatic hydroxyl groups excluding tert-OH is 1. The molecule has 0 aliphatic heterocycles. The molecule has 0 bridgehead atoms. The molecule has 0 radical (unpaired) electrons. The maximum absolute atomic E-state index is 12.9. The average molecular weight is 374 g/mol. The van der Waals surface area contributed by atoms with E-state index in [1.165, 1.54) is 36.0 Å². The van der Waals surface area contributed by atoms with Crippen LogP contribution < -0.4 is 9.47 Å². The van der Waals surface area contributed by atoms with Gasteiger partial charge in [-0.05, 0) is 36.4 Å². The molecular weight excluding hydrogens is 355 g/mol. The predicted octanol–water partition coefficient (Wildman–Crippen LogP) is 3.55. The van der Waals surface area contributed by atoms with E-state index in [0.717, 1.165) is 16.6 Å². The van der Waals surface area contributed by atoms with E-state index in [0.29, 0.717) is 11.5 Å². The number of imidazole rings is 1. The zero-order valence-corrected chi connectivity index (χ0v) is 15.0. The summed E-state index contributed by atoms with van der Waals surface area (Å²) in [6, 6.07) is 13.4. The second kappa shape index (κ2) is 8.73. The maximum Gasteiger partial charge on any atom is 0.172 e. The highest BCUT2D eigenvalue weighted by atomic mass is 32.2. The van der Waals surface area contributed by atoms with Gasteiger partial charge in [0.2, 0.25) is 0 Å². The van der Waals surface area contributed by atoms with Crippen LogP contribution in [0.2, 0.25) is 0 Å². The minimum absolute atomic E-state index is 0.124. The Morgan fingerprint density at radius 3 is 2.77 bits per heavy atom. The summed E-state index contributed by atoms with van der Waals surface area (Å²) in [5, 5.41) is 10.9. The Morgan fingerprint density at radius 2 is 2.00 bits per heavy atom. The fourth-order valence-electron chi connectivity index (χ4n) is 2.30. The normalized spacial score (nSPS) is 12.0. The molecule has 0 spiro atoms. The Bertz CT molecular complexity index is 839. The summed E-state index contributed by atoms with van der Waals surface area (Å²) < 4.78 is 25.5. The molecule has 0 aliphatic carbocycles. The van der Waals surface area contributed by atoms with Crippen LogP contribution in [0.25, 0.3) is 5.69 Å². The molecule has 5 nitrogen and oxygen atoms in total. The number of nitrogens with zero attached hydrogens (tertiary/aromatic N) is 2. The van der Waals surface area contributed by atoms with E-state index in [4.69, 9.17) is 9.47 Å². The molecule has 1 atom stereocenters. The fraction of sp³-hybridized carbons (Fsp3) is 0.211. The van der Waals surface area contributed by atoms with Gasteiger partial charge < -0.3 is 14.6 Å². The molecule has 0 saturated carbocycles. The van der Waals surface area contributed by atoms with Crippen molar-refractivity contribution in [3.05, 3.63) is 66.7 Å². The molecule has 3 rings (SSSR count). The van der Waals surface area contributed by atoms with Crippen LogP contribution in [0.1, 0.15) is 0 Å². The zero-order chi connectivity index (χ0) is 18.4. The first-order chi connectivity index (χ1) is 12.7.